The van der Waals surface area contributed by atoms with Gasteiger partial charge < -0.3 is 10.4 Å². The van der Waals surface area contributed by atoms with Gasteiger partial charge in [0, 0.05) is 17.1 Å². The zero-order valence-corrected chi connectivity index (χ0v) is 5.96. The van der Waals surface area contributed by atoms with Crippen LogP contribution in [0, 0.1) is 5.41 Å². The lowest BCUT2D eigenvalue weighted by Gasteiger charge is -1.83. The van der Waals surface area contributed by atoms with Crippen LogP contribution >= 0.6 is 0 Å². The molecular formula is C9H8N2. The topological polar surface area (TPSA) is 39.6 Å². The Bertz CT molecular complexity index is 354. The van der Waals surface area contributed by atoms with Gasteiger partial charge in [-0.15, -0.1) is 0 Å². The summed E-state index contributed by atoms with van der Waals surface area (Å²) in [6, 6.07) is 9.96. The van der Waals surface area contributed by atoms with E-state index in [0.717, 1.165) is 16.6 Å². The van der Waals surface area contributed by atoms with Crippen molar-refractivity contribution in [3.05, 3.63) is 36.0 Å². The van der Waals surface area contributed by atoms with Crippen molar-refractivity contribution >= 4 is 17.1 Å². The molecule has 1 heterocycles. The predicted molar refractivity (Wildman–Crippen MR) is 46.2 cm³/mol. The molecule has 1 aromatic carbocycles. The van der Waals surface area contributed by atoms with Gasteiger partial charge in [0.25, 0.3) is 0 Å². The third-order valence-electron chi connectivity index (χ3n) is 1.71. The monoisotopic (exact) mass is 144 g/mol. The van der Waals surface area contributed by atoms with Gasteiger partial charge in [0.15, 0.2) is 0 Å². The van der Waals surface area contributed by atoms with Crippen LogP contribution in [0.5, 0.6) is 0 Å². The fraction of sp³-hybridized carbons (Fsp3) is 0. The lowest BCUT2D eigenvalue weighted by molar-refractivity contribution is 1.41. The maximum Gasteiger partial charge on any atom is 0.0569 e. The zero-order chi connectivity index (χ0) is 7.68. The Morgan fingerprint density at radius 3 is 2.82 bits per heavy atom. The van der Waals surface area contributed by atoms with E-state index in [4.69, 9.17) is 5.41 Å². The van der Waals surface area contributed by atoms with Crippen LogP contribution in [0.4, 0.5) is 0 Å². The van der Waals surface area contributed by atoms with E-state index in [0.29, 0.717) is 0 Å². The van der Waals surface area contributed by atoms with E-state index in [2.05, 4.69) is 4.98 Å². The third-order valence-corrected chi connectivity index (χ3v) is 1.71. The second-order valence-electron chi connectivity index (χ2n) is 2.46. The van der Waals surface area contributed by atoms with Crippen molar-refractivity contribution in [2.75, 3.05) is 0 Å². The van der Waals surface area contributed by atoms with Crippen molar-refractivity contribution in [3.8, 4) is 0 Å². The molecule has 0 aliphatic rings. The van der Waals surface area contributed by atoms with Crippen LogP contribution in [0.25, 0.3) is 10.9 Å². The van der Waals surface area contributed by atoms with Crippen LogP contribution in [-0.4, -0.2) is 11.2 Å². The first kappa shape index (κ1) is 6.16. The Labute approximate surface area is 64.4 Å². The van der Waals surface area contributed by atoms with Crippen LogP contribution in [0.2, 0.25) is 0 Å². The normalized spacial score (nSPS) is 10.2. The van der Waals surface area contributed by atoms with E-state index < -0.39 is 0 Å². The summed E-state index contributed by atoms with van der Waals surface area (Å²) in [6.07, 6.45) is 1.32. The Kier molecular flexibility index (Phi) is 1.25. The van der Waals surface area contributed by atoms with Gasteiger partial charge in [0.1, 0.15) is 0 Å². The summed E-state index contributed by atoms with van der Waals surface area (Å²) in [4.78, 5) is 3.10. The summed E-state index contributed by atoms with van der Waals surface area (Å²) < 4.78 is 0. The number of hydrogen-bond donors (Lipinski definition) is 2. The summed E-state index contributed by atoms with van der Waals surface area (Å²) in [5.41, 5.74) is 1.94. The minimum absolute atomic E-state index is 0.853. The van der Waals surface area contributed by atoms with Gasteiger partial charge in [0.2, 0.25) is 0 Å². The van der Waals surface area contributed by atoms with Crippen LogP contribution in [-0.2, 0) is 0 Å². The third kappa shape index (κ3) is 0.923. The molecule has 0 atom stereocenters. The molecule has 54 valence electrons. The standard InChI is InChI=1S/C9H8N2/c10-6-8-5-7-3-1-2-4-9(7)11-8/h1-6,10-11H. The highest BCUT2D eigenvalue weighted by Gasteiger charge is 1.94. The van der Waals surface area contributed by atoms with Gasteiger partial charge in [-0.3, -0.25) is 0 Å². The van der Waals surface area contributed by atoms with Crippen molar-refractivity contribution < 1.29 is 0 Å². The lowest BCUT2D eigenvalue weighted by Crippen LogP contribution is -1.74. The first-order valence-electron chi connectivity index (χ1n) is 3.48. The van der Waals surface area contributed by atoms with Crippen molar-refractivity contribution in [3.63, 3.8) is 0 Å². The quantitative estimate of drug-likeness (QED) is 0.576. The number of hydrogen-bond acceptors (Lipinski definition) is 1. The number of aromatic amines is 1. The second-order valence-corrected chi connectivity index (χ2v) is 2.46. The lowest BCUT2D eigenvalue weighted by atomic mass is 10.2. The Balaban J connectivity index is 2.78. The molecule has 0 aliphatic carbocycles. The summed E-state index contributed by atoms with van der Waals surface area (Å²) in [5, 5.41) is 8.18. The van der Waals surface area contributed by atoms with E-state index in [1.807, 2.05) is 30.3 Å². The summed E-state index contributed by atoms with van der Waals surface area (Å²) in [7, 11) is 0. The molecule has 0 bridgehead atoms. The highest BCUT2D eigenvalue weighted by molar-refractivity contribution is 5.88. The first-order valence-corrected chi connectivity index (χ1v) is 3.48. The molecule has 1 aromatic heterocycles. The summed E-state index contributed by atoms with van der Waals surface area (Å²) in [6.45, 7) is 0. The number of rotatable bonds is 1. The van der Waals surface area contributed by atoms with E-state index in [9.17, 15) is 0 Å². The molecule has 0 aliphatic heterocycles. The minimum Gasteiger partial charge on any atom is -0.354 e. The molecule has 2 heteroatoms. The predicted octanol–water partition coefficient (Wildman–Crippen LogP) is 2.17. The van der Waals surface area contributed by atoms with Crippen LogP contribution in [0.15, 0.2) is 30.3 Å². The molecule has 0 saturated carbocycles. The van der Waals surface area contributed by atoms with Gasteiger partial charge in [0.05, 0.1) is 5.69 Å². The number of aromatic nitrogens is 1. The molecule has 11 heavy (non-hydrogen) atoms. The number of H-pyrrole nitrogens is 1. The number of benzene rings is 1. The minimum atomic E-state index is 0.853. The van der Waals surface area contributed by atoms with E-state index in [1.165, 1.54) is 6.21 Å². The van der Waals surface area contributed by atoms with Crippen molar-refractivity contribution in [2.24, 2.45) is 0 Å². The van der Waals surface area contributed by atoms with E-state index in [-0.39, 0.29) is 0 Å². The molecule has 0 saturated heterocycles. The van der Waals surface area contributed by atoms with Gasteiger partial charge in [-0.1, -0.05) is 18.2 Å². The number of nitrogens with one attached hydrogen (secondary N) is 2. The average molecular weight is 144 g/mol. The van der Waals surface area contributed by atoms with Crippen LogP contribution in [0.3, 0.4) is 0 Å². The van der Waals surface area contributed by atoms with Gasteiger partial charge >= 0.3 is 0 Å². The average Bonchev–Trinajstić information content (AvgIpc) is 2.46. The molecule has 0 radical (unpaired) electrons. The van der Waals surface area contributed by atoms with E-state index in [1.54, 1.807) is 0 Å². The fourth-order valence-corrected chi connectivity index (χ4v) is 1.17. The van der Waals surface area contributed by atoms with Crippen LogP contribution in [0.1, 0.15) is 5.69 Å². The Morgan fingerprint density at radius 2 is 2.09 bits per heavy atom. The molecule has 0 fully saturated rings. The van der Waals surface area contributed by atoms with Crippen molar-refractivity contribution in [2.45, 2.75) is 0 Å². The molecule has 2 nitrogen and oxygen atoms in total. The fourth-order valence-electron chi connectivity index (χ4n) is 1.17. The molecule has 2 N–H and O–H groups in total. The summed E-state index contributed by atoms with van der Waals surface area (Å²) in [5.74, 6) is 0. The maximum absolute atomic E-state index is 7.02. The highest BCUT2D eigenvalue weighted by Crippen LogP contribution is 2.12. The summed E-state index contributed by atoms with van der Waals surface area (Å²) >= 11 is 0. The molecule has 0 spiro atoms. The van der Waals surface area contributed by atoms with Crippen LogP contribution < -0.4 is 0 Å². The molecule has 2 rings (SSSR count). The molecule has 2 aromatic rings. The number of para-hydroxylation sites is 1. The Morgan fingerprint density at radius 1 is 1.27 bits per heavy atom. The highest BCUT2D eigenvalue weighted by atomic mass is 14.7. The zero-order valence-electron chi connectivity index (χ0n) is 5.96. The Hall–Kier alpha value is -1.57. The van der Waals surface area contributed by atoms with E-state index >= 15 is 0 Å². The van der Waals surface area contributed by atoms with Gasteiger partial charge in [-0.25, -0.2) is 0 Å². The maximum atomic E-state index is 7.02. The van der Waals surface area contributed by atoms with Crippen molar-refractivity contribution in [1.82, 2.24) is 4.98 Å². The van der Waals surface area contributed by atoms with Gasteiger partial charge in [-0.2, -0.15) is 0 Å². The molecular weight excluding hydrogens is 136 g/mol. The second kappa shape index (κ2) is 2.23. The first-order chi connectivity index (χ1) is 5.40. The smallest absolute Gasteiger partial charge is 0.0569 e. The SMILES string of the molecule is N=Cc1cc2ccccc2[nH]1. The largest absolute Gasteiger partial charge is 0.354 e. The van der Waals surface area contributed by atoms with Crippen molar-refractivity contribution in [1.29, 1.82) is 5.41 Å². The molecule has 0 unspecified atom stereocenters. The van der Waals surface area contributed by atoms with Gasteiger partial charge in [-0.05, 0) is 12.1 Å². The number of fused-ring (bicyclic) bond motifs is 1. The molecule has 0 amide bonds.